The van der Waals surface area contributed by atoms with Crippen molar-refractivity contribution in [1.82, 2.24) is 0 Å². The molecule has 2 aromatic rings. The van der Waals surface area contributed by atoms with Crippen LogP contribution in [-0.4, -0.2) is 17.1 Å². The van der Waals surface area contributed by atoms with Gasteiger partial charge in [-0.15, -0.1) is 0 Å². The Hall–Kier alpha value is -2.38. The molecule has 0 saturated carbocycles. The third-order valence-electron chi connectivity index (χ3n) is 3.39. The Labute approximate surface area is 157 Å². The van der Waals surface area contributed by atoms with E-state index in [1.54, 1.807) is 30.3 Å². The van der Waals surface area contributed by atoms with Gasteiger partial charge in [0.25, 0.3) is 11.1 Å². The van der Waals surface area contributed by atoms with E-state index in [-0.39, 0.29) is 17.1 Å². The van der Waals surface area contributed by atoms with Crippen LogP contribution in [0.5, 0.6) is 0 Å². The number of nitrogens with zero attached hydrogens (tertiary/aromatic N) is 1. The van der Waals surface area contributed by atoms with Gasteiger partial charge in [-0.25, -0.2) is 4.90 Å². The second-order valence-electron chi connectivity index (χ2n) is 5.30. The van der Waals surface area contributed by atoms with Gasteiger partial charge in [-0.3, -0.25) is 14.4 Å². The molecule has 2 aromatic carbocycles. The van der Waals surface area contributed by atoms with Gasteiger partial charge in [-0.05, 0) is 59.8 Å². The minimum absolute atomic E-state index is 0.184. The Balaban J connectivity index is 1.85. The Morgan fingerprint density at radius 3 is 2.52 bits per heavy atom. The van der Waals surface area contributed by atoms with Crippen LogP contribution in [-0.2, 0) is 9.59 Å². The molecule has 1 N–H and O–H groups in total. The number of anilines is 2. The zero-order valence-electron chi connectivity index (χ0n) is 13.2. The molecule has 1 aliphatic rings. The quantitative estimate of drug-likeness (QED) is 0.739. The predicted octanol–water partition coefficient (Wildman–Crippen LogP) is 4.65. The summed E-state index contributed by atoms with van der Waals surface area (Å²) in [4.78, 5) is 37.4. The molecule has 3 amide bonds. The first-order chi connectivity index (χ1) is 11.9. The molecular formula is C18H13BrN2O3S. The van der Waals surface area contributed by atoms with Crippen molar-refractivity contribution in [2.24, 2.45) is 0 Å². The third kappa shape index (κ3) is 4.00. The summed E-state index contributed by atoms with van der Waals surface area (Å²) in [6.07, 6.45) is 1.70. The van der Waals surface area contributed by atoms with Gasteiger partial charge in [0.05, 0.1) is 10.6 Å². The van der Waals surface area contributed by atoms with Gasteiger partial charge in [0.1, 0.15) is 0 Å². The molecule has 0 atom stereocenters. The second kappa shape index (κ2) is 7.25. The summed E-state index contributed by atoms with van der Waals surface area (Å²) in [7, 11) is 0. The molecular weight excluding hydrogens is 404 g/mol. The Bertz CT molecular complexity index is 893. The van der Waals surface area contributed by atoms with Crippen molar-refractivity contribution in [2.75, 3.05) is 10.2 Å². The fourth-order valence-corrected chi connectivity index (χ4v) is 3.59. The first-order valence-corrected chi connectivity index (χ1v) is 8.96. The minimum Gasteiger partial charge on any atom is -0.326 e. The van der Waals surface area contributed by atoms with Crippen molar-refractivity contribution in [1.29, 1.82) is 0 Å². The van der Waals surface area contributed by atoms with Crippen molar-refractivity contribution >= 4 is 62.2 Å². The number of imide groups is 1. The maximum Gasteiger partial charge on any atom is 0.298 e. The van der Waals surface area contributed by atoms with Crippen LogP contribution in [0.4, 0.5) is 16.2 Å². The number of carbonyl (C=O) groups is 3. The van der Waals surface area contributed by atoms with E-state index in [9.17, 15) is 14.4 Å². The minimum atomic E-state index is -0.359. The number of hydrogen-bond acceptors (Lipinski definition) is 4. The summed E-state index contributed by atoms with van der Waals surface area (Å²) >= 11 is 4.29. The molecule has 25 heavy (non-hydrogen) atoms. The van der Waals surface area contributed by atoms with Gasteiger partial charge in [0.2, 0.25) is 5.91 Å². The third-order valence-corrected chi connectivity index (χ3v) is 4.75. The average molecular weight is 417 g/mol. The fraction of sp³-hybridized carbons (Fsp3) is 0.0556. The maximum absolute atomic E-state index is 12.6. The molecule has 3 rings (SSSR count). The molecule has 1 saturated heterocycles. The fourth-order valence-electron chi connectivity index (χ4n) is 2.34. The molecule has 1 fully saturated rings. The standard InChI is InChI=1S/C18H13BrN2O3S/c1-11(22)20-14-5-7-15(8-6-14)21-17(23)16(25-18(21)24)10-12-3-2-4-13(19)9-12/h2-10H,1H3,(H,20,22)/b16-10-. The van der Waals surface area contributed by atoms with E-state index >= 15 is 0 Å². The van der Waals surface area contributed by atoms with Crippen molar-refractivity contribution in [2.45, 2.75) is 6.92 Å². The smallest absolute Gasteiger partial charge is 0.298 e. The molecule has 7 heteroatoms. The lowest BCUT2D eigenvalue weighted by Crippen LogP contribution is -2.27. The van der Waals surface area contributed by atoms with E-state index in [1.165, 1.54) is 6.92 Å². The highest BCUT2D eigenvalue weighted by Crippen LogP contribution is 2.36. The van der Waals surface area contributed by atoms with E-state index in [4.69, 9.17) is 0 Å². The number of hydrogen-bond donors (Lipinski definition) is 1. The Morgan fingerprint density at radius 2 is 1.88 bits per heavy atom. The van der Waals surface area contributed by atoms with E-state index in [0.717, 1.165) is 26.7 Å². The zero-order valence-corrected chi connectivity index (χ0v) is 15.6. The number of benzene rings is 2. The monoisotopic (exact) mass is 416 g/mol. The number of thioether (sulfide) groups is 1. The summed E-state index contributed by atoms with van der Waals surface area (Å²) in [5, 5.41) is 2.29. The molecule has 0 radical (unpaired) electrons. The summed E-state index contributed by atoms with van der Waals surface area (Å²) < 4.78 is 0.897. The highest BCUT2D eigenvalue weighted by atomic mass is 79.9. The first-order valence-electron chi connectivity index (χ1n) is 7.35. The molecule has 0 aromatic heterocycles. The highest BCUT2D eigenvalue weighted by Gasteiger charge is 2.36. The predicted molar refractivity (Wildman–Crippen MR) is 103 cm³/mol. The Morgan fingerprint density at radius 1 is 1.16 bits per heavy atom. The molecule has 5 nitrogen and oxygen atoms in total. The molecule has 0 spiro atoms. The van der Waals surface area contributed by atoms with Crippen molar-refractivity contribution in [3.8, 4) is 0 Å². The van der Waals surface area contributed by atoms with Gasteiger partial charge in [-0.2, -0.15) is 0 Å². The van der Waals surface area contributed by atoms with E-state index < -0.39 is 0 Å². The van der Waals surface area contributed by atoms with Crippen molar-refractivity contribution in [3.05, 3.63) is 63.5 Å². The lowest BCUT2D eigenvalue weighted by Gasteiger charge is -2.13. The van der Waals surface area contributed by atoms with Crippen LogP contribution >= 0.6 is 27.7 Å². The van der Waals surface area contributed by atoms with Crippen LogP contribution in [0.2, 0.25) is 0 Å². The van der Waals surface area contributed by atoms with Crippen LogP contribution in [0.15, 0.2) is 57.9 Å². The van der Waals surface area contributed by atoms with Crippen LogP contribution in [0.1, 0.15) is 12.5 Å². The van der Waals surface area contributed by atoms with E-state index in [2.05, 4.69) is 21.2 Å². The lowest BCUT2D eigenvalue weighted by molar-refractivity contribution is -0.114. The van der Waals surface area contributed by atoms with Crippen LogP contribution in [0.25, 0.3) is 6.08 Å². The number of rotatable bonds is 3. The lowest BCUT2D eigenvalue weighted by atomic mass is 10.2. The molecule has 0 aliphatic carbocycles. The molecule has 0 unspecified atom stereocenters. The number of halogens is 1. The van der Waals surface area contributed by atoms with Gasteiger partial charge < -0.3 is 5.32 Å². The first kappa shape index (κ1) is 17.4. The van der Waals surface area contributed by atoms with E-state index in [0.29, 0.717) is 16.3 Å². The summed E-state index contributed by atoms with van der Waals surface area (Å²) in [5.74, 6) is -0.543. The Kier molecular flexibility index (Phi) is 5.06. The number of nitrogens with one attached hydrogen (secondary N) is 1. The van der Waals surface area contributed by atoms with E-state index in [1.807, 2.05) is 24.3 Å². The second-order valence-corrected chi connectivity index (χ2v) is 7.21. The highest BCUT2D eigenvalue weighted by molar-refractivity contribution is 9.10. The van der Waals surface area contributed by atoms with Gasteiger partial charge in [0, 0.05) is 17.1 Å². The molecule has 1 heterocycles. The summed E-state index contributed by atoms with van der Waals surface area (Å²) in [5.41, 5.74) is 1.91. The molecule has 0 bridgehead atoms. The normalized spacial score (nSPS) is 15.8. The average Bonchev–Trinajstić information content (AvgIpc) is 2.82. The SMILES string of the molecule is CC(=O)Nc1ccc(N2C(=O)S/C(=C\c3cccc(Br)c3)C2=O)cc1. The number of carbonyl (C=O) groups excluding carboxylic acids is 3. The van der Waals surface area contributed by atoms with Crippen LogP contribution in [0, 0.1) is 0 Å². The van der Waals surface area contributed by atoms with Gasteiger partial charge >= 0.3 is 0 Å². The summed E-state index contributed by atoms with van der Waals surface area (Å²) in [6, 6.07) is 14.0. The topological polar surface area (TPSA) is 66.5 Å². The molecule has 126 valence electrons. The van der Waals surface area contributed by atoms with Crippen LogP contribution in [0.3, 0.4) is 0 Å². The van der Waals surface area contributed by atoms with Crippen molar-refractivity contribution < 1.29 is 14.4 Å². The van der Waals surface area contributed by atoms with Gasteiger partial charge in [0.15, 0.2) is 0 Å². The molecule has 1 aliphatic heterocycles. The zero-order chi connectivity index (χ0) is 18.0. The number of amides is 3. The van der Waals surface area contributed by atoms with Crippen molar-refractivity contribution in [3.63, 3.8) is 0 Å². The largest absolute Gasteiger partial charge is 0.326 e. The van der Waals surface area contributed by atoms with Crippen LogP contribution < -0.4 is 10.2 Å². The maximum atomic E-state index is 12.6. The summed E-state index contributed by atoms with van der Waals surface area (Å²) in [6.45, 7) is 1.41. The van der Waals surface area contributed by atoms with Gasteiger partial charge in [-0.1, -0.05) is 28.1 Å².